The molecule has 0 spiro atoms. The van der Waals surface area contributed by atoms with E-state index in [4.69, 9.17) is 11.6 Å². The molecular formula is C13H10BrClN2O. The fraction of sp³-hybridized carbons (Fsp3) is 0.0769. The highest BCUT2D eigenvalue weighted by Gasteiger charge is 2.10. The number of benzene rings is 1. The molecule has 1 aromatic carbocycles. The summed E-state index contributed by atoms with van der Waals surface area (Å²) in [6.45, 7) is 1.98. The van der Waals surface area contributed by atoms with E-state index >= 15 is 0 Å². The Morgan fingerprint density at radius 1 is 1.39 bits per heavy atom. The number of carbonyl (C=O) groups is 1. The summed E-state index contributed by atoms with van der Waals surface area (Å²) < 4.78 is 0.942. The van der Waals surface area contributed by atoms with Gasteiger partial charge >= 0.3 is 0 Å². The van der Waals surface area contributed by atoms with Gasteiger partial charge in [0.15, 0.2) is 0 Å². The SMILES string of the molecule is Cc1ccc(NC(=O)c2cnccc2Cl)cc1Br. The monoisotopic (exact) mass is 324 g/mol. The number of anilines is 1. The molecule has 0 atom stereocenters. The van der Waals surface area contributed by atoms with Gasteiger partial charge in [0.2, 0.25) is 0 Å². The van der Waals surface area contributed by atoms with Crippen LogP contribution in [-0.4, -0.2) is 10.9 Å². The Morgan fingerprint density at radius 3 is 2.83 bits per heavy atom. The van der Waals surface area contributed by atoms with Crippen LogP contribution >= 0.6 is 27.5 Å². The lowest BCUT2D eigenvalue weighted by Crippen LogP contribution is -2.12. The van der Waals surface area contributed by atoms with Gasteiger partial charge in [-0.25, -0.2) is 0 Å². The van der Waals surface area contributed by atoms with E-state index in [1.54, 1.807) is 12.3 Å². The lowest BCUT2D eigenvalue weighted by Gasteiger charge is -2.07. The normalized spacial score (nSPS) is 10.2. The average molecular weight is 326 g/mol. The molecule has 0 aliphatic rings. The number of hydrogen-bond donors (Lipinski definition) is 1. The molecule has 1 amide bonds. The third kappa shape index (κ3) is 2.89. The maximum Gasteiger partial charge on any atom is 0.258 e. The summed E-state index contributed by atoms with van der Waals surface area (Å²) in [6.07, 6.45) is 2.99. The number of rotatable bonds is 2. The van der Waals surface area contributed by atoms with Gasteiger partial charge in [-0.05, 0) is 30.7 Å². The average Bonchev–Trinajstić information content (AvgIpc) is 2.34. The second-order valence-corrected chi connectivity index (χ2v) is 5.04. The second-order valence-electron chi connectivity index (χ2n) is 3.77. The molecule has 0 aliphatic carbocycles. The predicted octanol–water partition coefficient (Wildman–Crippen LogP) is 4.06. The van der Waals surface area contributed by atoms with Crippen LogP contribution in [0.1, 0.15) is 15.9 Å². The van der Waals surface area contributed by atoms with E-state index in [2.05, 4.69) is 26.2 Å². The van der Waals surface area contributed by atoms with Crippen LogP contribution in [0, 0.1) is 6.92 Å². The van der Waals surface area contributed by atoms with Gasteiger partial charge in [-0.15, -0.1) is 0 Å². The molecule has 0 bridgehead atoms. The van der Waals surface area contributed by atoms with E-state index in [9.17, 15) is 4.79 Å². The minimum atomic E-state index is -0.274. The fourth-order valence-electron chi connectivity index (χ4n) is 1.41. The Balaban J connectivity index is 2.22. The zero-order valence-corrected chi connectivity index (χ0v) is 11.9. The summed E-state index contributed by atoms with van der Waals surface area (Å²) in [4.78, 5) is 15.9. The van der Waals surface area contributed by atoms with Gasteiger partial charge in [-0.2, -0.15) is 0 Å². The number of nitrogens with zero attached hydrogens (tertiary/aromatic N) is 1. The van der Waals surface area contributed by atoms with Crippen LogP contribution in [0.25, 0.3) is 0 Å². The number of nitrogens with one attached hydrogen (secondary N) is 1. The van der Waals surface area contributed by atoms with Crippen molar-refractivity contribution < 1.29 is 4.79 Å². The molecule has 0 unspecified atom stereocenters. The molecule has 18 heavy (non-hydrogen) atoms. The standard InChI is InChI=1S/C13H10BrClN2O/c1-8-2-3-9(6-11(8)14)17-13(18)10-7-16-5-4-12(10)15/h2-7H,1H3,(H,17,18). The van der Waals surface area contributed by atoms with Crippen LogP contribution < -0.4 is 5.32 Å². The van der Waals surface area contributed by atoms with E-state index in [1.807, 2.05) is 25.1 Å². The number of aromatic nitrogens is 1. The molecule has 0 saturated carbocycles. The maximum absolute atomic E-state index is 12.0. The van der Waals surface area contributed by atoms with Crippen molar-refractivity contribution in [1.82, 2.24) is 4.98 Å². The number of carbonyl (C=O) groups excluding carboxylic acids is 1. The van der Waals surface area contributed by atoms with E-state index in [-0.39, 0.29) is 5.91 Å². The molecule has 92 valence electrons. The Hall–Kier alpha value is -1.39. The van der Waals surface area contributed by atoms with Crippen molar-refractivity contribution in [3.63, 3.8) is 0 Å². The first-order chi connectivity index (χ1) is 8.58. The molecule has 0 aliphatic heterocycles. The van der Waals surface area contributed by atoms with Gasteiger partial charge in [0.25, 0.3) is 5.91 Å². The number of pyridine rings is 1. The molecule has 0 radical (unpaired) electrons. The van der Waals surface area contributed by atoms with Gasteiger partial charge in [-0.3, -0.25) is 9.78 Å². The van der Waals surface area contributed by atoms with Crippen molar-refractivity contribution in [2.24, 2.45) is 0 Å². The first kappa shape index (κ1) is 13.1. The quantitative estimate of drug-likeness (QED) is 0.905. The summed E-state index contributed by atoms with van der Waals surface area (Å²) in [5, 5.41) is 3.16. The smallest absolute Gasteiger partial charge is 0.258 e. The molecule has 1 heterocycles. The highest BCUT2D eigenvalue weighted by atomic mass is 79.9. The summed E-state index contributed by atoms with van der Waals surface area (Å²) >= 11 is 9.35. The van der Waals surface area contributed by atoms with Crippen LogP contribution in [0.3, 0.4) is 0 Å². The van der Waals surface area contributed by atoms with Crippen molar-refractivity contribution >= 4 is 39.1 Å². The highest BCUT2D eigenvalue weighted by molar-refractivity contribution is 9.10. The van der Waals surface area contributed by atoms with Gasteiger partial charge in [0.05, 0.1) is 10.6 Å². The Labute approximate surface area is 118 Å². The van der Waals surface area contributed by atoms with E-state index in [0.29, 0.717) is 16.3 Å². The van der Waals surface area contributed by atoms with E-state index < -0.39 is 0 Å². The summed E-state index contributed by atoms with van der Waals surface area (Å²) in [5.41, 5.74) is 2.17. The summed E-state index contributed by atoms with van der Waals surface area (Å²) in [5.74, 6) is -0.274. The number of aryl methyl sites for hydroxylation is 1. The first-order valence-corrected chi connectivity index (χ1v) is 6.42. The molecule has 3 nitrogen and oxygen atoms in total. The highest BCUT2D eigenvalue weighted by Crippen LogP contribution is 2.22. The Kier molecular flexibility index (Phi) is 3.99. The Bertz CT molecular complexity index is 601. The van der Waals surface area contributed by atoms with Crippen molar-refractivity contribution in [2.75, 3.05) is 5.32 Å². The lowest BCUT2D eigenvalue weighted by atomic mass is 10.2. The van der Waals surface area contributed by atoms with Crippen LogP contribution in [0.15, 0.2) is 41.1 Å². The van der Waals surface area contributed by atoms with Gasteiger partial charge in [-0.1, -0.05) is 33.6 Å². The predicted molar refractivity (Wildman–Crippen MR) is 76.1 cm³/mol. The third-order valence-electron chi connectivity index (χ3n) is 2.44. The largest absolute Gasteiger partial charge is 0.322 e. The zero-order valence-electron chi connectivity index (χ0n) is 9.58. The molecule has 5 heteroatoms. The lowest BCUT2D eigenvalue weighted by molar-refractivity contribution is 0.102. The van der Waals surface area contributed by atoms with E-state index in [1.165, 1.54) is 6.20 Å². The minimum absolute atomic E-state index is 0.274. The number of hydrogen-bond acceptors (Lipinski definition) is 2. The maximum atomic E-state index is 12.0. The molecule has 2 aromatic rings. The first-order valence-electron chi connectivity index (χ1n) is 5.25. The van der Waals surface area contributed by atoms with Gasteiger partial charge in [0, 0.05) is 22.6 Å². The molecule has 1 aromatic heterocycles. The summed E-state index contributed by atoms with van der Waals surface area (Å²) in [7, 11) is 0. The van der Waals surface area contributed by atoms with Crippen molar-refractivity contribution in [3.05, 3.63) is 57.3 Å². The molecular weight excluding hydrogens is 316 g/mol. The minimum Gasteiger partial charge on any atom is -0.322 e. The van der Waals surface area contributed by atoms with Crippen molar-refractivity contribution in [3.8, 4) is 0 Å². The Morgan fingerprint density at radius 2 is 2.17 bits per heavy atom. The van der Waals surface area contributed by atoms with Crippen LogP contribution in [0.4, 0.5) is 5.69 Å². The molecule has 1 N–H and O–H groups in total. The topological polar surface area (TPSA) is 42.0 Å². The van der Waals surface area contributed by atoms with Crippen LogP contribution in [0.2, 0.25) is 5.02 Å². The van der Waals surface area contributed by atoms with Crippen molar-refractivity contribution in [1.29, 1.82) is 0 Å². The van der Waals surface area contributed by atoms with Gasteiger partial charge < -0.3 is 5.32 Å². The van der Waals surface area contributed by atoms with Crippen LogP contribution in [-0.2, 0) is 0 Å². The molecule has 0 fully saturated rings. The van der Waals surface area contributed by atoms with Gasteiger partial charge in [0.1, 0.15) is 0 Å². The molecule has 2 rings (SSSR count). The second kappa shape index (κ2) is 5.50. The number of amides is 1. The zero-order chi connectivity index (χ0) is 13.1. The number of halogens is 2. The molecule has 0 saturated heterocycles. The van der Waals surface area contributed by atoms with Crippen molar-refractivity contribution in [2.45, 2.75) is 6.92 Å². The van der Waals surface area contributed by atoms with E-state index in [0.717, 1.165) is 10.0 Å². The van der Waals surface area contributed by atoms with Crippen LogP contribution in [0.5, 0.6) is 0 Å². The third-order valence-corrected chi connectivity index (χ3v) is 3.63. The summed E-state index contributed by atoms with van der Waals surface area (Å²) in [6, 6.07) is 7.19. The fourth-order valence-corrected chi connectivity index (χ4v) is 1.98.